The van der Waals surface area contributed by atoms with E-state index >= 15 is 0 Å². The van der Waals surface area contributed by atoms with Gasteiger partial charge in [-0.1, -0.05) is 79.8 Å². The summed E-state index contributed by atoms with van der Waals surface area (Å²) in [5, 5.41) is 8.54. The average Bonchev–Trinajstić information content (AvgIpc) is 3.07. The number of hydrogen-bond acceptors (Lipinski definition) is 5. The number of carbonyl (C=O) groups is 1. The van der Waals surface area contributed by atoms with Crippen molar-refractivity contribution in [2.45, 2.75) is 51.3 Å². The van der Waals surface area contributed by atoms with E-state index in [-0.39, 0.29) is 43.9 Å². The molecule has 0 radical (unpaired) electrons. The van der Waals surface area contributed by atoms with Crippen LogP contribution in [0.2, 0.25) is 15.1 Å². The predicted molar refractivity (Wildman–Crippen MR) is 130 cm³/mol. The molecule has 11 heteroatoms. The van der Waals surface area contributed by atoms with Crippen LogP contribution in [0.3, 0.4) is 0 Å². The molecule has 0 spiro atoms. The van der Waals surface area contributed by atoms with Crippen LogP contribution in [-0.2, 0) is 10.0 Å². The van der Waals surface area contributed by atoms with Gasteiger partial charge in [0.2, 0.25) is 0 Å². The molecule has 1 amide bonds. The molecular formula is C22H23Cl3N4O3S. The molecule has 0 aliphatic carbocycles. The molecule has 2 aromatic carbocycles. The molecule has 1 N–H and O–H groups in total. The second-order valence-electron chi connectivity index (χ2n) is 8.19. The smallest absolute Gasteiger partial charge is 0.266 e. The van der Waals surface area contributed by atoms with E-state index in [1.54, 1.807) is 19.1 Å². The van der Waals surface area contributed by atoms with Gasteiger partial charge in [0.25, 0.3) is 15.9 Å². The summed E-state index contributed by atoms with van der Waals surface area (Å²) >= 11 is 18.5. The Morgan fingerprint density at radius 1 is 1.00 bits per heavy atom. The Bertz CT molecular complexity index is 1310. The van der Waals surface area contributed by atoms with Crippen molar-refractivity contribution < 1.29 is 13.2 Å². The summed E-state index contributed by atoms with van der Waals surface area (Å²) in [6.45, 7) is 9.27. The highest BCUT2D eigenvalue weighted by atomic mass is 35.5. The lowest BCUT2D eigenvalue weighted by Gasteiger charge is -2.16. The summed E-state index contributed by atoms with van der Waals surface area (Å²) in [6, 6.07) is 8.24. The first-order valence-corrected chi connectivity index (χ1v) is 12.7. The van der Waals surface area contributed by atoms with Crippen LogP contribution in [0.15, 0.2) is 35.2 Å². The van der Waals surface area contributed by atoms with Gasteiger partial charge in [0.05, 0.1) is 20.6 Å². The lowest BCUT2D eigenvalue weighted by Crippen LogP contribution is -2.32. The quantitative estimate of drug-likeness (QED) is 0.429. The standard InChI is InChI=1S/C22H23Cl3N4O3S/c1-11(2)14-6-7-16(12(3)4)19(8-14)33(31,32)27-22(30)20-13(5)29(28-26-20)21-17(24)9-15(23)10-18(21)25/h6-12H,1-5H3,(H,27,30). The fourth-order valence-electron chi connectivity index (χ4n) is 3.33. The van der Waals surface area contributed by atoms with Gasteiger partial charge < -0.3 is 0 Å². The first-order chi connectivity index (χ1) is 15.3. The fraction of sp³-hybridized carbons (Fsp3) is 0.318. The summed E-state index contributed by atoms with van der Waals surface area (Å²) in [7, 11) is -4.18. The van der Waals surface area contributed by atoms with Crippen LogP contribution in [0.25, 0.3) is 5.69 Å². The molecule has 0 saturated heterocycles. The zero-order valence-electron chi connectivity index (χ0n) is 18.6. The number of rotatable bonds is 6. The zero-order valence-corrected chi connectivity index (χ0v) is 21.7. The molecule has 3 rings (SSSR count). The molecule has 0 bridgehead atoms. The minimum atomic E-state index is -4.18. The van der Waals surface area contributed by atoms with Crippen LogP contribution in [0.1, 0.15) is 66.8 Å². The topological polar surface area (TPSA) is 93.9 Å². The Hall–Kier alpha value is -2.13. The summed E-state index contributed by atoms with van der Waals surface area (Å²) < 4.78 is 29.8. The third-order valence-corrected chi connectivity index (χ3v) is 7.33. The number of halogens is 3. The lowest BCUT2D eigenvalue weighted by molar-refractivity contribution is 0.0976. The van der Waals surface area contributed by atoms with E-state index < -0.39 is 15.9 Å². The van der Waals surface area contributed by atoms with Crippen LogP contribution >= 0.6 is 34.8 Å². The monoisotopic (exact) mass is 528 g/mol. The Labute approximate surface area is 208 Å². The Balaban J connectivity index is 2.00. The van der Waals surface area contributed by atoms with E-state index in [0.29, 0.717) is 10.6 Å². The van der Waals surface area contributed by atoms with Crippen molar-refractivity contribution in [2.75, 3.05) is 0 Å². The molecule has 0 saturated carbocycles. The summed E-state index contributed by atoms with van der Waals surface area (Å²) in [5.74, 6) is -0.860. The first-order valence-electron chi connectivity index (χ1n) is 10.1. The SMILES string of the molecule is Cc1c(C(=O)NS(=O)(=O)c2cc(C(C)C)ccc2C(C)C)nnn1-c1c(Cl)cc(Cl)cc1Cl. The minimum Gasteiger partial charge on any atom is -0.266 e. The van der Waals surface area contributed by atoms with Crippen molar-refractivity contribution in [1.82, 2.24) is 19.7 Å². The molecule has 0 aliphatic rings. The van der Waals surface area contributed by atoms with Gasteiger partial charge in [-0.2, -0.15) is 0 Å². The van der Waals surface area contributed by atoms with Gasteiger partial charge in [0.1, 0.15) is 5.69 Å². The van der Waals surface area contributed by atoms with Crippen LogP contribution < -0.4 is 4.72 Å². The van der Waals surface area contributed by atoms with Gasteiger partial charge in [0.15, 0.2) is 5.69 Å². The van der Waals surface area contributed by atoms with E-state index in [1.165, 1.54) is 16.8 Å². The summed E-state index contributed by atoms with van der Waals surface area (Å²) in [4.78, 5) is 13.0. The number of aromatic nitrogens is 3. The van der Waals surface area contributed by atoms with Crippen LogP contribution in [0.5, 0.6) is 0 Å². The van der Waals surface area contributed by atoms with Crippen molar-refractivity contribution in [1.29, 1.82) is 0 Å². The molecule has 1 heterocycles. The molecule has 33 heavy (non-hydrogen) atoms. The lowest BCUT2D eigenvalue weighted by atomic mass is 9.97. The fourth-order valence-corrected chi connectivity index (χ4v) is 5.67. The van der Waals surface area contributed by atoms with Gasteiger partial charge >= 0.3 is 0 Å². The highest BCUT2D eigenvalue weighted by Gasteiger charge is 2.27. The first kappa shape index (κ1) is 25.5. The molecule has 1 aromatic heterocycles. The molecule has 0 atom stereocenters. The molecule has 0 unspecified atom stereocenters. The number of carbonyl (C=O) groups excluding carboxylic acids is 1. The highest BCUT2D eigenvalue weighted by Crippen LogP contribution is 2.33. The van der Waals surface area contributed by atoms with Crippen molar-refractivity contribution in [3.05, 3.63) is 67.9 Å². The van der Waals surface area contributed by atoms with E-state index in [4.69, 9.17) is 34.8 Å². The molecular weight excluding hydrogens is 507 g/mol. The number of nitrogens with one attached hydrogen (secondary N) is 1. The summed E-state index contributed by atoms with van der Waals surface area (Å²) in [5.41, 5.74) is 1.82. The number of nitrogens with zero attached hydrogens (tertiary/aromatic N) is 3. The molecule has 7 nitrogen and oxygen atoms in total. The third kappa shape index (κ3) is 5.19. The van der Waals surface area contributed by atoms with Gasteiger partial charge in [-0.25, -0.2) is 17.8 Å². The van der Waals surface area contributed by atoms with Gasteiger partial charge in [0, 0.05) is 5.02 Å². The van der Waals surface area contributed by atoms with Gasteiger partial charge in [-0.15, -0.1) is 5.10 Å². The third-order valence-electron chi connectivity index (χ3n) is 5.15. The Kier molecular flexibility index (Phi) is 7.43. The summed E-state index contributed by atoms with van der Waals surface area (Å²) in [6.07, 6.45) is 0. The molecule has 0 fully saturated rings. The van der Waals surface area contributed by atoms with Gasteiger partial charge in [-0.05, 0) is 48.1 Å². The number of hydrogen-bond donors (Lipinski definition) is 1. The highest BCUT2D eigenvalue weighted by molar-refractivity contribution is 7.90. The Morgan fingerprint density at radius 2 is 1.61 bits per heavy atom. The van der Waals surface area contributed by atoms with Crippen LogP contribution in [0, 0.1) is 6.92 Å². The minimum absolute atomic E-state index is 0.0610. The second kappa shape index (κ2) is 9.62. The molecule has 176 valence electrons. The maximum absolute atomic E-state index is 13.2. The van der Waals surface area contributed by atoms with Crippen LogP contribution in [-0.4, -0.2) is 29.3 Å². The largest absolute Gasteiger partial charge is 0.287 e. The van der Waals surface area contributed by atoms with Gasteiger partial charge in [-0.3, -0.25) is 4.79 Å². The maximum atomic E-state index is 13.2. The molecule has 0 aliphatic heterocycles. The maximum Gasteiger partial charge on any atom is 0.287 e. The normalized spacial score (nSPS) is 11.9. The van der Waals surface area contributed by atoms with E-state index in [2.05, 4.69) is 15.0 Å². The molecule has 3 aromatic rings. The van der Waals surface area contributed by atoms with Crippen LogP contribution in [0.4, 0.5) is 0 Å². The van der Waals surface area contributed by atoms with E-state index in [9.17, 15) is 13.2 Å². The average molecular weight is 530 g/mol. The van der Waals surface area contributed by atoms with E-state index in [1.807, 2.05) is 33.8 Å². The van der Waals surface area contributed by atoms with Crippen molar-refractivity contribution in [3.63, 3.8) is 0 Å². The van der Waals surface area contributed by atoms with Crippen molar-refractivity contribution in [2.24, 2.45) is 0 Å². The van der Waals surface area contributed by atoms with E-state index in [0.717, 1.165) is 5.56 Å². The Morgan fingerprint density at radius 3 is 2.15 bits per heavy atom. The number of amides is 1. The van der Waals surface area contributed by atoms with Crippen molar-refractivity contribution in [3.8, 4) is 5.69 Å². The number of sulfonamides is 1. The number of benzene rings is 2. The van der Waals surface area contributed by atoms with Crippen molar-refractivity contribution >= 4 is 50.7 Å². The predicted octanol–water partition coefficient (Wildman–Crippen LogP) is 5.90. The zero-order chi connectivity index (χ0) is 24.7. The second-order valence-corrected chi connectivity index (χ2v) is 11.1.